The molecule has 0 bridgehead atoms. The maximum Gasteiger partial charge on any atom is 0.323 e. The minimum absolute atomic E-state index is 0.00704. The zero-order chi connectivity index (χ0) is 16.2. The number of hydrogen-bond acceptors (Lipinski definition) is 4. The second-order valence-electron chi connectivity index (χ2n) is 5.41. The second-order valence-corrected chi connectivity index (χ2v) is 7.33. The van der Waals surface area contributed by atoms with Crippen molar-refractivity contribution < 1.29 is 8.42 Å². The number of benzene rings is 1. The Morgan fingerprint density at radius 3 is 2.68 bits per heavy atom. The molecule has 1 aromatic heterocycles. The van der Waals surface area contributed by atoms with Crippen molar-refractivity contribution in [3.63, 3.8) is 0 Å². The number of H-pyrrole nitrogens is 2. The van der Waals surface area contributed by atoms with Crippen LogP contribution in [0.1, 0.15) is 25.8 Å². The average Bonchev–Trinajstić information content (AvgIpc) is 2.82. The lowest BCUT2D eigenvalue weighted by atomic mass is 10.2. The maximum absolute atomic E-state index is 11.6. The molecule has 22 heavy (non-hydrogen) atoms. The van der Waals surface area contributed by atoms with Gasteiger partial charge in [-0.2, -0.15) is 0 Å². The van der Waals surface area contributed by atoms with Crippen molar-refractivity contribution in [2.45, 2.75) is 32.9 Å². The normalized spacial score (nSPS) is 13.5. The summed E-state index contributed by atoms with van der Waals surface area (Å²) in [7, 11) is -3.17. The van der Waals surface area contributed by atoms with Crippen LogP contribution in [-0.4, -0.2) is 36.7 Å². The first-order valence-electron chi connectivity index (χ1n) is 7.31. The van der Waals surface area contributed by atoms with Crippen LogP contribution in [0.4, 0.5) is 0 Å². The fraction of sp³-hybridized carbons (Fsp3) is 0.500. The molecule has 122 valence electrons. The lowest BCUT2D eigenvalue weighted by molar-refractivity contribution is 0.524. The standard InChI is InChI=1S/C14H22N4O3S/c1-3-6-22(20,21)16-8-10(2)15-9-11-4-5-12-13(7-11)18-14(19)17-12/h4-5,7,10,15-16H,3,6,8-9H2,1-2H3,(H2,17,18,19). The summed E-state index contributed by atoms with van der Waals surface area (Å²) >= 11 is 0. The van der Waals surface area contributed by atoms with Crippen LogP contribution >= 0.6 is 0 Å². The van der Waals surface area contributed by atoms with Gasteiger partial charge in [-0.3, -0.25) is 0 Å². The van der Waals surface area contributed by atoms with Crippen molar-refractivity contribution in [2.24, 2.45) is 0 Å². The molecular formula is C14H22N4O3S. The third-order valence-electron chi connectivity index (χ3n) is 3.32. The van der Waals surface area contributed by atoms with E-state index in [2.05, 4.69) is 20.0 Å². The summed E-state index contributed by atoms with van der Waals surface area (Å²) in [5.74, 6) is 0.150. The molecule has 0 aliphatic heterocycles. The summed E-state index contributed by atoms with van der Waals surface area (Å²) in [4.78, 5) is 16.6. The molecular weight excluding hydrogens is 304 g/mol. The zero-order valence-corrected chi connectivity index (χ0v) is 13.6. The fourth-order valence-electron chi connectivity index (χ4n) is 2.15. The topological polar surface area (TPSA) is 107 Å². The van der Waals surface area contributed by atoms with E-state index in [-0.39, 0.29) is 17.5 Å². The third kappa shape index (κ3) is 4.69. The van der Waals surface area contributed by atoms with Gasteiger partial charge in [0, 0.05) is 19.1 Å². The highest BCUT2D eigenvalue weighted by Crippen LogP contribution is 2.10. The molecule has 7 nitrogen and oxygen atoms in total. The number of imidazole rings is 1. The molecule has 0 radical (unpaired) electrons. The largest absolute Gasteiger partial charge is 0.323 e. The Balaban J connectivity index is 1.87. The summed E-state index contributed by atoms with van der Waals surface area (Å²) in [6, 6.07) is 5.67. The Labute approximate surface area is 129 Å². The molecule has 8 heteroatoms. The van der Waals surface area contributed by atoms with Gasteiger partial charge in [-0.1, -0.05) is 13.0 Å². The van der Waals surface area contributed by atoms with Gasteiger partial charge in [0.15, 0.2) is 0 Å². The van der Waals surface area contributed by atoms with Gasteiger partial charge in [0.2, 0.25) is 10.0 Å². The smallest absolute Gasteiger partial charge is 0.309 e. The molecule has 1 heterocycles. The minimum Gasteiger partial charge on any atom is -0.309 e. The Morgan fingerprint density at radius 1 is 1.23 bits per heavy atom. The van der Waals surface area contributed by atoms with Crippen LogP contribution < -0.4 is 15.7 Å². The number of aromatic amines is 2. The summed E-state index contributed by atoms with van der Waals surface area (Å²) in [5, 5.41) is 3.26. The van der Waals surface area contributed by atoms with E-state index in [4.69, 9.17) is 0 Å². The van der Waals surface area contributed by atoms with Gasteiger partial charge < -0.3 is 15.3 Å². The highest BCUT2D eigenvalue weighted by molar-refractivity contribution is 7.89. The monoisotopic (exact) mass is 326 g/mol. The first-order chi connectivity index (χ1) is 10.4. The van der Waals surface area contributed by atoms with Gasteiger partial charge in [-0.25, -0.2) is 17.9 Å². The first kappa shape index (κ1) is 16.7. The predicted octanol–water partition coefficient (Wildman–Crippen LogP) is 0.664. The molecule has 0 fully saturated rings. The van der Waals surface area contributed by atoms with Crippen molar-refractivity contribution in [3.8, 4) is 0 Å². The van der Waals surface area contributed by atoms with Crippen LogP contribution in [0.2, 0.25) is 0 Å². The van der Waals surface area contributed by atoms with Crippen molar-refractivity contribution in [1.29, 1.82) is 0 Å². The molecule has 2 rings (SSSR count). The van der Waals surface area contributed by atoms with Crippen LogP contribution in [-0.2, 0) is 16.6 Å². The van der Waals surface area contributed by atoms with Crippen LogP contribution in [0.3, 0.4) is 0 Å². The number of sulfonamides is 1. The maximum atomic E-state index is 11.6. The summed E-state index contributed by atoms with van der Waals surface area (Å²) in [6.45, 7) is 4.71. The van der Waals surface area contributed by atoms with E-state index in [1.54, 1.807) is 0 Å². The number of aromatic nitrogens is 2. The Hall–Kier alpha value is -1.64. The molecule has 1 unspecified atom stereocenters. The fourth-order valence-corrected chi connectivity index (χ4v) is 3.33. The summed E-state index contributed by atoms with van der Waals surface area (Å²) in [6.07, 6.45) is 0.603. The molecule has 0 saturated heterocycles. The van der Waals surface area contributed by atoms with E-state index in [1.807, 2.05) is 32.0 Å². The molecule has 0 aliphatic rings. The summed E-state index contributed by atoms with van der Waals surface area (Å²) in [5.41, 5.74) is 2.33. The van der Waals surface area contributed by atoms with Gasteiger partial charge in [-0.15, -0.1) is 0 Å². The highest BCUT2D eigenvalue weighted by atomic mass is 32.2. The van der Waals surface area contributed by atoms with Crippen LogP contribution in [0, 0.1) is 0 Å². The molecule has 0 spiro atoms. The molecule has 0 amide bonds. The molecule has 1 atom stereocenters. The van der Waals surface area contributed by atoms with Crippen LogP contribution in [0.15, 0.2) is 23.0 Å². The Bertz CT molecular complexity index is 779. The van der Waals surface area contributed by atoms with E-state index in [9.17, 15) is 13.2 Å². The zero-order valence-electron chi connectivity index (χ0n) is 12.8. The predicted molar refractivity (Wildman–Crippen MR) is 87.3 cm³/mol. The average molecular weight is 326 g/mol. The molecule has 1 aromatic carbocycles. The molecule has 0 saturated carbocycles. The summed E-state index contributed by atoms with van der Waals surface area (Å²) < 4.78 is 25.7. The third-order valence-corrected chi connectivity index (χ3v) is 4.87. The Morgan fingerprint density at radius 2 is 1.95 bits per heavy atom. The lowest BCUT2D eigenvalue weighted by Crippen LogP contribution is -2.39. The first-order valence-corrected chi connectivity index (χ1v) is 8.96. The van der Waals surface area contributed by atoms with Crippen LogP contribution in [0.5, 0.6) is 0 Å². The number of fused-ring (bicyclic) bond motifs is 1. The molecule has 2 aromatic rings. The van der Waals surface area contributed by atoms with Crippen molar-refractivity contribution in [1.82, 2.24) is 20.0 Å². The van der Waals surface area contributed by atoms with Crippen molar-refractivity contribution in [2.75, 3.05) is 12.3 Å². The minimum atomic E-state index is -3.17. The SMILES string of the molecule is CCCS(=O)(=O)NCC(C)NCc1ccc2[nH]c(=O)[nH]c2c1. The van der Waals surface area contributed by atoms with Gasteiger partial charge in [-0.05, 0) is 31.0 Å². The number of hydrogen-bond donors (Lipinski definition) is 4. The molecule has 4 N–H and O–H groups in total. The molecule has 0 aliphatic carbocycles. The Kier molecular flexibility index (Phi) is 5.38. The lowest BCUT2D eigenvalue weighted by Gasteiger charge is -2.15. The van der Waals surface area contributed by atoms with E-state index in [0.717, 1.165) is 16.6 Å². The van der Waals surface area contributed by atoms with E-state index in [0.29, 0.717) is 19.5 Å². The number of rotatable bonds is 8. The van der Waals surface area contributed by atoms with Gasteiger partial charge in [0.25, 0.3) is 0 Å². The van der Waals surface area contributed by atoms with E-state index in [1.165, 1.54) is 0 Å². The van der Waals surface area contributed by atoms with E-state index >= 15 is 0 Å². The highest BCUT2D eigenvalue weighted by Gasteiger charge is 2.10. The quantitative estimate of drug-likeness (QED) is 0.572. The van der Waals surface area contributed by atoms with Gasteiger partial charge in [0.1, 0.15) is 0 Å². The van der Waals surface area contributed by atoms with Crippen LogP contribution in [0.25, 0.3) is 11.0 Å². The van der Waals surface area contributed by atoms with Crippen molar-refractivity contribution >= 4 is 21.1 Å². The number of nitrogens with one attached hydrogen (secondary N) is 4. The van der Waals surface area contributed by atoms with Gasteiger partial charge in [0.05, 0.1) is 16.8 Å². The van der Waals surface area contributed by atoms with E-state index < -0.39 is 10.0 Å². The second kappa shape index (κ2) is 7.08. The van der Waals surface area contributed by atoms with Crippen molar-refractivity contribution in [3.05, 3.63) is 34.2 Å². The van der Waals surface area contributed by atoms with Gasteiger partial charge >= 0.3 is 5.69 Å².